The molecule has 1 fully saturated rings. The number of nitrogens with zero attached hydrogens (tertiary/aromatic N) is 7. The Hall–Kier alpha value is -3.18. The largest absolute Gasteiger partial charge is 0.461 e. The van der Waals surface area contributed by atoms with E-state index in [1.807, 2.05) is 0 Å². The van der Waals surface area contributed by atoms with Gasteiger partial charge in [-0.3, -0.25) is 14.0 Å². The Labute approximate surface area is 159 Å². The van der Waals surface area contributed by atoms with Gasteiger partial charge in [0.15, 0.2) is 17.1 Å². The van der Waals surface area contributed by atoms with Gasteiger partial charge in [-0.25, -0.2) is 9.78 Å². The summed E-state index contributed by atoms with van der Waals surface area (Å²) in [6.45, 7) is 5.18. The molecule has 0 atom stereocenters. The van der Waals surface area contributed by atoms with Crippen molar-refractivity contribution in [3.63, 3.8) is 0 Å². The van der Waals surface area contributed by atoms with Crippen molar-refractivity contribution in [2.45, 2.75) is 6.54 Å². The van der Waals surface area contributed by atoms with Crippen LogP contribution < -0.4 is 16.7 Å². The first-order chi connectivity index (χ1) is 13.6. The number of aromatic nitrogens is 6. The summed E-state index contributed by atoms with van der Waals surface area (Å²) >= 11 is 0. The van der Waals surface area contributed by atoms with E-state index in [4.69, 9.17) is 10.2 Å². The molecule has 11 heteroatoms. The van der Waals surface area contributed by atoms with E-state index in [9.17, 15) is 4.79 Å². The number of nitrogens with one attached hydrogen (secondary N) is 1. The molecule has 11 nitrogen and oxygen atoms in total. The highest BCUT2D eigenvalue weighted by Gasteiger charge is 2.21. The number of piperazine rings is 1. The van der Waals surface area contributed by atoms with Gasteiger partial charge in [0, 0.05) is 46.3 Å². The summed E-state index contributed by atoms with van der Waals surface area (Å²) in [6.07, 6.45) is 1.56. The molecule has 1 aliphatic heterocycles. The maximum Gasteiger partial charge on any atom is 0.330 e. The second kappa shape index (κ2) is 6.46. The second-order valence-electron chi connectivity index (χ2n) is 6.88. The quantitative estimate of drug-likeness (QED) is 0.484. The lowest BCUT2D eigenvalue weighted by Crippen LogP contribution is -2.45. The van der Waals surface area contributed by atoms with Crippen LogP contribution in [0.4, 0.5) is 5.95 Å². The standard InChI is InChI=1S/C17H21N9O2/c1-23-12-14(25(17(23)27)9-8-24-6-4-19-5-7-24)21-16(18)26-15(12)20-13(22-26)11-3-2-10-28-11/h2-3,10,19H,4-9H2,1H3,(H2,18,21). The Morgan fingerprint density at radius 1 is 1.21 bits per heavy atom. The number of hydrogen-bond donors (Lipinski definition) is 2. The Morgan fingerprint density at radius 3 is 2.79 bits per heavy atom. The molecule has 0 spiro atoms. The first-order valence-corrected chi connectivity index (χ1v) is 9.22. The van der Waals surface area contributed by atoms with E-state index in [1.54, 1.807) is 34.6 Å². The summed E-state index contributed by atoms with van der Waals surface area (Å²) in [5.41, 5.74) is 7.59. The molecule has 5 rings (SSSR count). The lowest BCUT2D eigenvalue weighted by atomic mass is 10.3. The summed E-state index contributed by atoms with van der Waals surface area (Å²) in [4.78, 5) is 24.2. The highest BCUT2D eigenvalue weighted by molar-refractivity contribution is 5.88. The molecule has 0 bridgehead atoms. The van der Waals surface area contributed by atoms with Gasteiger partial charge in [0.2, 0.25) is 11.8 Å². The first-order valence-electron chi connectivity index (χ1n) is 9.22. The van der Waals surface area contributed by atoms with Crippen molar-refractivity contribution in [2.24, 2.45) is 7.05 Å². The van der Waals surface area contributed by atoms with Crippen LogP contribution in [0.25, 0.3) is 28.4 Å². The van der Waals surface area contributed by atoms with E-state index in [1.165, 1.54) is 4.52 Å². The molecule has 4 aromatic heterocycles. The first kappa shape index (κ1) is 17.0. The fraction of sp³-hybridized carbons (Fsp3) is 0.412. The van der Waals surface area contributed by atoms with Crippen molar-refractivity contribution < 1.29 is 4.42 Å². The third-order valence-electron chi connectivity index (χ3n) is 5.17. The van der Waals surface area contributed by atoms with E-state index in [0.717, 1.165) is 32.7 Å². The van der Waals surface area contributed by atoms with E-state index in [2.05, 4.69) is 25.3 Å². The van der Waals surface area contributed by atoms with Crippen molar-refractivity contribution in [2.75, 3.05) is 38.5 Å². The average Bonchev–Trinajstić information content (AvgIpc) is 3.42. The van der Waals surface area contributed by atoms with Gasteiger partial charge < -0.3 is 15.5 Å². The van der Waals surface area contributed by atoms with Crippen molar-refractivity contribution in [3.05, 3.63) is 28.9 Å². The van der Waals surface area contributed by atoms with Gasteiger partial charge in [-0.2, -0.15) is 9.50 Å². The van der Waals surface area contributed by atoms with Crippen molar-refractivity contribution in [3.8, 4) is 11.6 Å². The van der Waals surface area contributed by atoms with E-state index in [-0.39, 0.29) is 11.6 Å². The fourth-order valence-electron chi connectivity index (χ4n) is 3.68. The van der Waals surface area contributed by atoms with Gasteiger partial charge in [-0.1, -0.05) is 0 Å². The van der Waals surface area contributed by atoms with Crippen LogP contribution in [0.15, 0.2) is 27.6 Å². The predicted octanol–water partition coefficient (Wildman–Crippen LogP) is -0.475. The minimum atomic E-state index is -0.146. The van der Waals surface area contributed by atoms with E-state index in [0.29, 0.717) is 34.9 Å². The molecule has 0 unspecified atom stereocenters. The molecular formula is C17H21N9O2. The SMILES string of the molecule is Cn1c(=O)n(CCN2CCNCC2)c2nc(N)n3nc(-c4ccco4)nc3c21. The minimum Gasteiger partial charge on any atom is -0.461 e. The Morgan fingerprint density at radius 2 is 2.04 bits per heavy atom. The lowest BCUT2D eigenvalue weighted by Gasteiger charge is -2.27. The number of furan rings is 1. The smallest absolute Gasteiger partial charge is 0.330 e. The van der Waals surface area contributed by atoms with Crippen LogP contribution in [0, 0.1) is 0 Å². The van der Waals surface area contributed by atoms with Crippen molar-refractivity contribution >= 4 is 22.8 Å². The molecule has 0 amide bonds. The zero-order valence-electron chi connectivity index (χ0n) is 15.5. The van der Waals surface area contributed by atoms with Crippen LogP contribution in [-0.2, 0) is 13.6 Å². The highest BCUT2D eigenvalue weighted by Crippen LogP contribution is 2.22. The van der Waals surface area contributed by atoms with Gasteiger partial charge in [-0.05, 0) is 12.1 Å². The molecule has 28 heavy (non-hydrogen) atoms. The number of nitrogens with two attached hydrogens (primary N) is 1. The molecule has 4 aromatic rings. The van der Waals surface area contributed by atoms with Crippen molar-refractivity contribution in [1.29, 1.82) is 0 Å². The van der Waals surface area contributed by atoms with Crippen LogP contribution in [0.2, 0.25) is 0 Å². The minimum absolute atomic E-state index is 0.146. The molecule has 1 aliphatic rings. The average molecular weight is 383 g/mol. The number of anilines is 1. The number of aryl methyl sites for hydroxylation is 1. The maximum atomic E-state index is 12.9. The summed E-state index contributed by atoms with van der Waals surface area (Å²) in [7, 11) is 1.71. The molecule has 0 saturated carbocycles. The van der Waals surface area contributed by atoms with Crippen LogP contribution in [0.3, 0.4) is 0 Å². The fourth-order valence-corrected chi connectivity index (χ4v) is 3.68. The normalized spacial score (nSPS) is 15.8. The topological polar surface area (TPSA) is 124 Å². The Balaban J connectivity index is 1.62. The van der Waals surface area contributed by atoms with Gasteiger partial charge in [-0.15, -0.1) is 5.10 Å². The second-order valence-corrected chi connectivity index (χ2v) is 6.88. The van der Waals surface area contributed by atoms with E-state index < -0.39 is 0 Å². The Kier molecular flexibility index (Phi) is 3.91. The van der Waals surface area contributed by atoms with Gasteiger partial charge in [0.05, 0.1) is 6.26 Å². The number of nitrogen functional groups attached to an aromatic ring is 1. The van der Waals surface area contributed by atoms with Gasteiger partial charge >= 0.3 is 5.69 Å². The van der Waals surface area contributed by atoms with Gasteiger partial charge in [0.25, 0.3) is 0 Å². The maximum absolute atomic E-state index is 12.9. The van der Waals surface area contributed by atoms with Crippen LogP contribution in [-0.4, -0.2) is 66.3 Å². The highest BCUT2D eigenvalue weighted by atomic mass is 16.3. The number of imidazole rings is 1. The summed E-state index contributed by atoms with van der Waals surface area (Å²) in [5.74, 6) is 1.10. The van der Waals surface area contributed by atoms with Crippen molar-refractivity contribution in [1.82, 2.24) is 38.9 Å². The third kappa shape index (κ3) is 2.59. The van der Waals surface area contributed by atoms with E-state index >= 15 is 0 Å². The molecule has 0 aromatic carbocycles. The summed E-state index contributed by atoms with van der Waals surface area (Å²) in [6, 6.07) is 3.54. The molecule has 1 saturated heterocycles. The van der Waals surface area contributed by atoms with Gasteiger partial charge in [0.1, 0.15) is 5.52 Å². The third-order valence-corrected chi connectivity index (χ3v) is 5.17. The Bertz CT molecular complexity index is 1200. The summed E-state index contributed by atoms with van der Waals surface area (Å²) < 4.78 is 10.0. The predicted molar refractivity (Wildman–Crippen MR) is 103 cm³/mol. The molecule has 0 radical (unpaired) electrons. The lowest BCUT2D eigenvalue weighted by molar-refractivity contribution is 0.232. The zero-order valence-corrected chi connectivity index (χ0v) is 15.5. The van der Waals surface area contributed by atoms with Crippen LogP contribution in [0.5, 0.6) is 0 Å². The van der Waals surface area contributed by atoms with Crippen LogP contribution >= 0.6 is 0 Å². The summed E-state index contributed by atoms with van der Waals surface area (Å²) in [5, 5.41) is 7.72. The number of hydrogen-bond acceptors (Lipinski definition) is 8. The molecule has 0 aliphatic carbocycles. The number of rotatable bonds is 4. The zero-order chi connectivity index (χ0) is 19.3. The van der Waals surface area contributed by atoms with Crippen LogP contribution in [0.1, 0.15) is 0 Å². The monoisotopic (exact) mass is 383 g/mol. The number of fused-ring (bicyclic) bond motifs is 3. The molecular weight excluding hydrogens is 362 g/mol. The molecule has 146 valence electrons. The molecule has 5 heterocycles. The molecule has 3 N–H and O–H groups in total.